The lowest BCUT2D eigenvalue weighted by Crippen LogP contribution is -2.46. The number of rotatable bonds is 5. The van der Waals surface area contributed by atoms with Gasteiger partial charge in [0.15, 0.2) is 0 Å². The third-order valence-electron chi connectivity index (χ3n) is 4.08. The van der Waals surface area contributed by atoms with Crippen molar-refractivity contribution in [1.82, 2.24) is 10.2 Å². The Morgan fingerprint density at radius 3 is 2.65 bits per heavy atom. The van der Waals surface area contributed by atoms with Gasteiger partial charge >= 0.3 is 0 Å². The Kier molecular flexibility index (Phi) is 5.98. The molecule has 2 atom stereocenters. The summed E-state index contributed by atoms with van der Waals surface area (Å²) in [6.07, 6.45) is 2.12. The van der Waals surface area contributed by atoms with E-state index in [1.54, 1.807) is 12.0 Å². The highest BCUT2D eigenvalue weighted by atomic mass is 16.5. The van der Waals surface area contributed by atoms with Crippen molar-refractivity contribution in [2.45, 2.75) is 38.3 Å². The number of hydrogen-bond donors (Lipinski definition) is 2. The van der Waals surface area contributed by atoms with E-state index < -0.39 is 0 Å². The van der Waals surface area contributed by atoms with Crippen molar-refractivity contribution in [2.75, 3.05) is 20.2 Å². The molecular formula is C17H25N3O3. The quantitative estimate of drug-likeness (QED) is 0.854. The van der Waals surface area contributed by atoms with Crippen molar-refractivity contribution in [3.8, 4) is 5.75 Å². The zero-order valence-electron chi connectivity index (χ0n) is 13.7. The number of hydrogen-bond acceptors (Lipinski definition) is 4. The van der Waals surface area contributed by atoms with Crippen LogP contribution in [0.1, 0.15) is 37.8 Å². The fraction of sp³-hybridized carbons (Fsp3) is 0.529. The van der Waals surface area contributed by atoms with Gasteiger partial charge in [0.2, 0.25) is 11.8 Å². The van der Waals surface area contributed by atoms with Gasteiger partial charge in [0.1, 0.15) is 5.75 Å². The lowest BCUT2D eigenvalue weighted by molar-refractivity contribution is -0.133. The van der Waals surface area contributed by atoms with Crippen LogP contribution in [0.15, 0.2) is 24.3 Å². The fourth-order valence-corrected chi connectivity index (χ4v) is 2.87. The minimum absolute atomic E-state index is 0.0229. The van der Waals surface area contributed by atoms with E-state index in [0.29, 0.717) is 6.54 Å². The maximum Gasteiger partial charge on any atom is 0.225 e. The van der Waals surface area contributed by atoms with Crippen LogP contribution >= 0.6 is 0 Å². The molecule has 23 heavy (non-hydrogen) atoms. The van der Waals surface area contributed by atoms with Gasteiger partial charge in [0.25, 0.3) is 0 Å². The molecule has 6 heteroatoms. The van der Waals surface area contributed by atoms with E-state index in [9.17, 15) is 9.59 Å². The van der Waals surface area contributed by atoms with Crippen LogP contribution in [0.5, 0.6) is 5.75 Å². The van der Waals surface area contributed by atoms with Crippen LogP contribution in [-0.4, -0.2) is 43.0 Å². The molecule has 1 aromatic rings. The van der Waals surface area contributed by atoms with Gasteiger partial charge in [-0.3, -0.25) is 9.59 Å². The van der Waals surface area contributed by atoms with Crippen LogP contribution in [0.3, 0.4) is 0 Å². The molecule has 0 aliphatic carbocycles. The Labute approximate surface area is 137 Å². The summed E-state index contributed by atoms with van der Waals surface area (Å²) < 4.78 is 5.14. The number of carbonyl (C=O) groups excluding carboxylic acids is 2. The monoisotopic (exact) mass is 319 g/mol. The molecule has 0 aromatic heterocycles. The number of nitrogens with two attached hydrogens (primary N) is 1. The molecule has 1 fully saturated rings. The molecule has 6 nitrogen and oxygen atoms in total. The second kappa shape index (κ2) is 7.97. The first-order chi connectivity index (χ1) is 11.0. The number of amides is 2. The third-order valence-corrected chi connectivity index (χ3v) is 4.08. The summed E-state index contributed by atoms with van der Waals surface area (Å²) in [6.45, 7) is 2.79. The van der Waals surface area contributed by atoms with Crippen molar-refractivity contribution < 1.29 is 14.3 Å². The third kappa shape index (κ3) is 4.96. The van der Waals surface area contributed by atoms with E-state index in [0.717, 1.165) is 30.7 Å². The lowest BCUT2D eigenvalue weighted by atomic mass is 10.0. The smallest absolute Gasteiger partial charge is 0.225 e. The molecular weight excluding hydrogens is 294 g/mol. The van der Waals surface area contributed by atoms with Crippen LogP contribution < -0.4 is 15.8 Å². The van der Waals surface area contributed by atoms with Crippen molar-refractivity contribution in [2.24, 2.45) is 5.73 Å². The summed E-state index contributed by atoms with van der Waals surface area (Å²) in [4.78, 5) is 25.8. The highest BCUT2D eigenvalue weighted by Crippen LogP contribution is 2.22. The lowest BCUT2D eigenvalue weighted by Gasteiger charge is -2.32. The largest absolute Gasteiger partial charge is 0.497 e. The van der Waals surface area contributed by atoms with E-state index in [1.807, 2.05) is 24.3 Å². The van der Waals surface area contributed by atoms with Gasteiger partial charge in [-0.05, 0) is 30.5 Å². The summed E-state index contributed by atoms with van der Waals surface area (Å²) >= 11 is 0. The SMILES string of the molecule is COc1ccc([C@@H](CC(=O)N2CCC[C@H](N)C2)NC(C)=O)cc1. The Morgan fingerprint density at radius 1 is 1.39 bits per heavy atom. The first-order valence-electron chi connectivity index (χ1n) is 7.94. The van der Waals surface area contributed by atoms with E-state index in [2.05, 4.69) is 5.32 Å². The van der Waals surface area contributed by atoms with E-state index in [4.69, 9.17) is 10.5 Å². The number of ether oxygens (including phenoxy) is 1. The molecule has 126 valence electrons. The van der Waals surface area contributed by atoms with Crippen molar-refractivity contribution in [1.29, 1.82) is 0 Å². The molecule has 0 bridgehead atoms. The number of likely N-dealkylation sites (tertiary alicyclic amines) is 1. The molecule has 1 saturated heterocycles. The minimum Gasteiger partial charge on any atom is -0.497 e. The summed E-state index contributed by atoms with van der Waals surface area (Å²) in [6, 6.07) is 7.09. The highest BCUT2D eigenvalue weighted by molar-refractivity contribution is 5.79. The fourth-order valence-electron chi connectivity index (χ4n) is 2.87. The van der Waals surface area contributed by atoms with Crippen LogP contribution in [-0.2, 0) is 9.59 Å². The number of carbonyl (C=O) groups is 2. The molecule has 3 N–H and O–H groups in total. The number of benzene rings is 1. The number of piperidine rings is 1. The van der Waals surface area contributed by atoms with Crippen LogP contribution in [0.2, 0.25) is 0 Å². The Balaban J connectivity index is 2.08. The van der Waals surface area contributed by atoms with Gasteiger partial charge in [-0.1, -0.05) is 12.1 Å². The van der Waals surface area contributed by atoms with Crippen molar-refractivity contribution in [3.63, 3.8) is 0 Å². The molecule has 0 spiro atoms. The predicted octanol–water partition coefficient (Wildman–Crippen LogP) is 1.21. The van der Waals surface area contributed by atoms with Gasteiger partial charge in [-0.2, -0.15) is 0 Å². The zero-order chi connectivity index (χ0) is 16.8. The molecule has 0 radical (unpaired) electrons. The van der Waals surface area contributed by atoms with E-state index in [-0.39, 0.29) is 30.3 Å². The van der Waals surface area contributed by atoms with Gasteiger partial charge in [0, 0.05) is 26.1 Å². The average Bonchev–Trinajstić information content (AvgIpc) is 2.54. The Morgan fingerprint density at radius 2 is 2.09 bits per heavy atom. The molecule has 0 unspecified atom stereocenters. The maximum atomic E-state index is 12.5. The Bertz CT molecular complexity index is 545. The second-order valence-electron chi connectivity index (χ2n) is 5.97. The van der Waals surface area contributed by atoms with Gasteiger partial charge in [0.05, 0.1) is 19.6 Å². The summed E-state index contributed by atoms with van der Waals surface area (Å²) in [7, 11) is 1.60. The maximum absolute atomic E-state index is 12.5. The van der Waals surface area contributed by atoms with Gasteiger partial charge in [-0.15, -0.1) is 0 Å². The number of nitrogens with zero attached hydrogens (tertiary/aromatic N) is 1. The number of methoxy groups -OCH3 is 1. The zero-order valence-corrected chi connectivity index (χ0v) is 13.7. The van der Waals surface area contributed by atoms with Gasteiger partial charge < -0.3 is 20.7 Å². The summed E-state index contributed by atoms with van der Waals surface area (Å²) in [5.41, 5.74) is 6.82. The second-order valence-corrected chi connectivity index (χ2v) is 5.97. The molecule has 1 aromatic carbocycles. The molecule has 0 saturated carbocycles. The molecule has 2 amide bonds. The predicted molar refractivity (Wildman–Crippen MR) is 88.0 cm³/mol. The topological polar surface area (TPSA) is 84.7 Å². The minimum atomic E-state index is -0.343. The Hall–Kier alpha value is -2.08. The first-order valence-corrected chi connectivity index (χ1v) is 7.94. The standard InChI is InChI=1S/C17H25N3O3/c1-12(21)19-16(13-5-7-15(23-2)8-6-13)10-17(22)20-9-3-4-14(18)11-20/h5-8,14,16H,3-4,9-11,18H2,1-2H3,(H,19,21)/t14-,16+/m0/s1. The molecule has 2 rings (SSSR count). The van der Waals surface area contributed by atoms with Crippen LogP contribution in [0, 0.1) is 0 Å². The van der Waals surface area contributed by atoms with Crippen molar-refractivity contribution >= 4 is 11.8 Å². The van der Waals surface area contributed by atoms with Crippen molar-refractivity contribution in [3.05, 3.63) is 29.8 Å². The van der Waals surface area contributed by atoms with E-state index in [1.165, 1.54) is 6.92 Å². The molecule has 1 aliphatic rings. The van der Waals surface area contributed by atoms with Crippen LogP contribution in [0.4, 0.5) is 0 Å². The summed E-state index contributed by atoms with van der Waals surface area (Å²) in [5, 5.41) is 2.86. The van der Waals surface area contributed by atoms with Crippen LogP contribution in [0.25, 0.3) is 0 Å². The molecule has 1 aliphatic heterocycles. The highest BCUT2D eigenvalue weighted by Gasteiger charge is 2.25. The average molecular weight is 319 g/mol. The van der Waals surface area contributed by atoms with E-state index >= 15 is 0 Å². The normalized spacial score (nSPS) is 19.1. The number of nitrogens with one attached hydrogen (secondary N) is 1. The molecule has 1 heterocycles. The van der Waals surface area contributed by atoms with Gasteiger partial charge in [-0.25, -0.2) is 0 Å². The summed E-state index contributed by atoms with van der Waals surface area (Å²) in [5.74, 6) is 0.604. The first kappa shape index (κ1) is 17.3.